The Labute approximate surface area is 175 Å². The number of rotatable bonds is 4. The lowest BCUT2D eigenvalue weighted by Crippen LogP contribution is -2.19. The molecule has 1 amide bonds. The van der Waals surface area contributed by atoms with E-state index in [0.29, 0.717) is 10.0 Å². The van der Waals surface area contributed by atoms with Gasteiger partial charge in [0.25, 0.3) is 0 Å². The molecule has 3 aromatic rings. The van der Waals surface area contributed by atoms with Crippen molar-refractivity contribution in [2.24, 2.45) is 5.10 Å². The lowest BCUT2D eigenvalue weighted by molar-refractivity contribution is -0.120. The van der Waals surface area contributed by atoms with Crippen LogP contribution in [0.4, 0.5) is 0 Å². The molecule has 7 heteroatoms. The number of carbonyl (C=O) groups is 1. The fraction of sp³-hybridized carbons (Fsp3) is 0.0526. The zero-order valence-electron chi connectivity index (χ0n) is 13.3. The Balaban J connectivity index is 1.74. The van der Waals surface area contributed by atoms with E-state index in [1.165, 1.54) is 6.21 Å². The molecule has 3 aromatic carbocycles. The first-order chi connectivity index (χ1) is 12.5. The summed E-state index contributed by atoms with van der Waals surface area (Å²) in [5.74, 6) is -0.174. The molecular weight excluding hydrogens is 528 g/mol. The molecule has 0 aliphatic rings. The second kappa shape index (κ2) is 8.33. The van der Waals surface area contributed by atoms with Crippen molar-refractivity contribution in [1.29, 1.82) is 0 Å². The van der Waals surface area contributed by atoms with Crippen molar-refractivity contribution >= 4 is 70.7 Å². The number of aromatic hydroxyl groups is 1. The normalized spacial score (nSPS) is 11.2. The first-order valence-electron chi connectivity index (χ1n) is 7.61. The van der Waals surface area contributed by atoms with Gasteiger partial charge in [0.15, 0.2) is 0 Å². The molecule has 0 fully saturated rings. The third-order valence-corrected chi connectivity index (χ3v) is 5.52. The van der Waals surface area contributed by atoms with E-state index in [1.807, 2.05) is 36.4 Å². The smallest absolute Gasteiger partial charge is 0.244 e. The van der Waals surface area contributed by atoms with E-state index in [-0.39, 0.29) is 18.1 Å². The molecule has 0 radical (unpaired) electrons. The van der Waals surface area contributed by atoms with E-state index in [1.54, 1.807) is 12.1 Å². The summed E-state index contributed by atoms with van der Waals surface area (Å²) in [6, 6.07) is 15.2. The minimum absolute atomic E-state index is 0.0603. The van der Waals surface area contributed by atoms with Crippen molar-refractivity contribution in [2.45, 2.75) is 6.42 Å². The molecule has 0 aromatic heterocycles. The Kier molecular flexibility index (Phi) is 6.11. The molecule has 4 nitrogen and oxygen atoms in total. The molecule has 0 saturated heterocycles. The number of benzene rings is 3. The van der Waals surface area contributed by atoms with E-state index in [0.717, 1.165) is 25.3 Å². The van der Waals surface area contributed by atoms with Gasteiger partial charge in [0.05, 0.1) is 17.1 Å². The average molecular weight is 541 g/mol. The Morgan fingerprint density at radius 1 is 1.04 bits per heavy atom. The zero-order valence-corrected chi connectivity index (χ0v) is 18.1. The van der Waals surface area contributed by atoms with Crippen molar-refractivity contribution < 1.29 is 9.90 Å². The van der Waals surface area contributed by atoms with Crippen LogP contribution in [-0.4, -0.2) is 17.2 Å². The molecule has 0 saturated carbocycles. The van der Waals surface area contributed by atoms with Crippen LogP contribution in [0.3, 0.4) is 0 Å². The van der Waals surface area contributed by atoms with Crippen LogP contribution in [-0.2, 0) is 11.2 Å². The number of hydrogen-bond acceptors (Lipinski definition) is 3. The number of amides is 1. The zero-order chi connectivity index (χ0) is 18.7. The van der Waals surface area contributed by atoms with E-state index < -0.39 is 0 Å². The highest BCUT2D eigenvalue weighted by molar-refractivity contribution is 9.11. The van der Waals surface area contributed by atoms with Crippen molar-refractivity contribution in [3.63, 3.8) is 0 Å². The lowest BCUT2D eigenvalue weighted by Gasteiger charge is -2.07. The molecule has 0 heterocycles. The van der Waals surface area contributed by atoms with Gasteiger partial charge in [0.1, 0.15) is 5.75 Å². The maximum atomic E-state index is 12.2. The summed E-state index contributed by atoms with van der Waals surface area (Å²) in [6.07, 6.45) is 1.61. The summed E-state index contributed by atoms with van der Waals surface area (Å²) in [7, 11) is 0. The molecule has 0 aliphatic heterocycles. The second-order valence-electron chi connectivity index (χ2n) is 5.55. The molecule has 132 valence electrons. The molecule has 0 aliphatic carbocycles. The molecule has 26 heavy (non-hydrogen) atoms. The first-order valence-corrected chi connectivity index (χ1v) is 9.99. The van der Waals surface area contributed by atoms with Crippen LogP contribution >= 0.6 is 47.8 Å². The Morgan fingerprint density at radius 3 is 2.54 bits per heavy atom. The molecule has 0 spiro atoms. The fourth-order valence-electron chi connectivity index (χ4n) is 2.55. The molecule has 0 atom stereocenters. The van der Waals surface area contributed by atoms with Gasteiger partial charge in [-0.3, -0.25) is 4.79 Å². The molecule has 2 N–H and O–H groups in total. The highest BCUT2D eigenvalue weighted by Crippen LogP contribution is 2.30. The maximum Gasteiger partial charge on any atom is 0.244 e. The van der Waals surface area contributed by atoms with Crippen LogP contribution in [0, 0.1) is 0 Å². The molecular formula is C19H13Br3N2O2. The molecule has 0 unspecified atom stereocenters. The third-order valence-electron chi connectivity index (χ3n) is 3.76. The van der Waals surface area contributed by atoms with Gasteiger partial charge in [-0.15, -0.1) is 0 Å². The summed E-state index contributed by atoms with van der Waals surface area (Å²) >= 11 is 10.1. The molecule has 0 bridgehead atoms. The minimum Gasteiger partial charge on any atom is -0.506 e. The minimum atomic E-state index is -0.234. The second-order valence-corrected chi connectivity index (χ2v) is 8.17. The van der Waals surface area contributed by atoms with E-state index in [2.05, 4.69) is 58.3 Å². The topological polar surface area (TPSA) is 61.7 Å². The summed E-state index contributed by atoms with van der Waals surface area (Å²) in [5.41, 5.74) is 3.91. The van der Waals surface area contributed by atoms with Crippen molar-refractivity contribution in [3.05, 3.63) is 73.1 Å². The van der Waals surface area contributed by atoms with Gasteiger partial charge in [-0.05, 0) is 50.5 Å². The Morgan fingerprint density at radius 2 is 1.77 bits per heavy atom. The van der Waals surface area contributed by atoms with Crippen LogP contribution < -0.4 is 5.43 Å². The highest BCUT2D eigenvalue weighted by atomic mass is 79.9. The van der Waals surface area contributed by atoms with Gasteiger partial charge >= 0.3 is 0 Å². The average Bonchev–Trinajstić information content (AvgIpc) is 2.62. The van der Waals surface area contributed by atoms with Gasteiger partial charge in [0.2, 0.25) is 5.91 Å². The van der Waals surface area contributed by atoms with E-state index >= 15 is 0 Å². The maximum absolute atomic E-state index is 12.2. The fourth-order valence-corrected chi connectivity index (χ4v) is 4.29. The quantitative estimate of drug-likeness (QED) is 0.338. The highest BCUT2D eigenvalue weighted by Gasteiger charge is 2.09. The number of nitrogens with one attached hydrogen (secondary N) is 1. The predicted octanol–water partition coefficient (Wildman–Crippen LogP) is 5.53. The number of halogens is 3. The van der Waals surface area contributed by atoms with Crippen molar-refractivity contribution in [3.8, 4) is 5.75 Å². The summed E-state index contributed by atoms with van der Waals surface area (Å²) in [6.45, 7) is 0. The van der Waals surface area contributed by atoms with Crippen molar-refractivity contribution in [2.75, 3.05) is 0 Å². The number of hydrazone groups is 1. The standard InChI is InChI=1S/C19H13Br3N2O2/c20-13-7-12(19(26)17(22)9-13)10-23-24-18(25)8-11-5-6-16(21)15-4-2-1-3-14(11)15/h1-7,9-10,26H,8H2,(H,24,25)/b23-10-. The van der Waals surface area contributed by atoms with Gasteiger partial charge in [-0.1, -0.05) is 62.2 Å². The SMILES string of the molecule is O=C(Cc1ccc(Br)c2ccccc12)N/N=C\c1cc(Br)cc(Br)c1O. The van der Waals surface area contributed by atoms with E-state index in [4.69, 9.17) is 0 Å². The monoisotopic (exact) mass is 538 g/mol. The van der Waals surface area contributed by atoms with Gasteiger partial charge in [0, 0.05) is 14.5 Å². The number of fused-ring (bicyclic) bond motifs is 1. The summed E-state index contributed by atoms with van der Waals surface area (Å²) < 4.78 is 2.32. The third kappa shape index (κ3) is 4.34. The van der Waals surface area contributed by atoms with Crippen molar-refractivity contribution in [1.82, 2.24) is 5.43 Å². The Bertz CT molecular complexity index is 1020. The number of phenolic OH excluding ortho intramolecular Hbond substituents is 1. The van der Waals surface area contributed by atoms with Gasteiger partial charge in [-0.25, -0.2) is 5.43 Å². The number of nitrogens with zero attached hydrogens (tertiary/aromatic N) is 1. The van der Waals surface area contributed by atoms with Gasteiger partial charge in [-0.2, -0.15) is 5.10 Å². The number of phenols is 1. The summed E-state index contributed by atoms with van der Waals surface area (Å²) in [5, 5.41) is 16.0. The van der Waals surface area contributed by atoms with Gasteiger partial charge < -0.3 is 5.11 Å². The number of hydrogen-bond donors (Lipinski definition) is 2. The van der Waals surface area contributed by atoms with Crippen LogP contribution in [0.5, 0.6) is 5.75 Å². The van der Waals surface area contributed by atoms with Crippen LogP contribution in [0.2, 0.25) is 0 Å². The Hall–Kier alpha value is -1.70. The summed E-state index contributed by atoms with van der Waals surface area (Å²) in [4.78, 5) is 12.2. The lowest BCUT2D eigenvalue weighted by atomic mass is 10.0. The van der Waals surface area contributed by atoms with Crippen LogP contribution in [0.15, 0.2) is 67.1 Å². The largest absolute Gasteiger partial charge is 0.506 e. The van der Waals surface area contributed by atoms with Crippen LogP contribution in [0.25, 0.3) is 10.8 Å². The molecule has 3 rings (SSSR count). The van der Waals surface area contributed by atoms with E-state index in [9.17, 15) is 9.90 Å². The van der Waals surface area contributed by atoms with Crippen LogP contribution in [0.1, 0.15) is 11.1 Å². The number of carbonyl (C=O) groups excluding carboxylic acids is 1. The first kappa shape index (κ1) is 19.1. The predicted molar refractivity (Wildman–Crippen MR) is 115 cm³/mol.